The zero-order valence-electron chi connectivity index (χ0n) is 9.34. The van der Waals surface area contributed by atoms with Gasteiger partial charge in [-0.05, 0) is 19.1 Å². The number of hydrogen-bond acceptors (Lipinski definition) is 3. The van der Waals surface area contributed by atoms with Crippen molar-refractivity contribution in [1.29, 1.82) is 0 Å². The van der Waals surface area contributed by atoms with Crippen molar-refractivity contribution in [3.63, 3.8) is 0 Å². The molecule has 0 amide bonds. The van der Waals surface area contributed by atoms with E-state index in [0.29, 0.717) is 12.2 Å². The van der Waals surface area contributed by atoms with E-state index in [-0.39, 0.29) is 23.9 Å². The molecule has 0 saturated carbocycles. The summed E-state index contributed by atoms with van der Waals surface area (Å²) in [7, 11) is 0. The summed E-state index contributed by atoms with van der Waals surface area (Å²) in [6, 6.07) is 9.45. The van der Waals surface area contributed by atoms with E-state index in [2.05, 4.69) is 4.98 Å². The summed E-state index contributed by atoms with van der Waals surface area (Å²) in [6.07, 6.45) is 1.54. The van der Waals surface area contributed by atoms with E-state index in [9.17, 15) is 4.79 Å². The highest BCUT2D eigenvalue weighted by Crippen LogP contribution is 2.13. The smallest absolute Gasteiger partial charge is 0.339 e. The van der Waals surface area contributed by atoms with Gasteiger partial charge in [0.25, 0.3) is 0 Å². The van der Waals surface area contributed by atoms with Crippen molar-refractivity contribution in [2.24, 2.45) is 0 Å². The lowest BCUT2D eigenvalue weighted by Crippen LogP contribution is -2.04. The van der Waals surface area contributed by atoms with Crippen molar-refractivity contribution in [1.82, 2.24) is 4.98 Å². The van der Waals surface area contributed by atoms with Crippen molar-refractivity contribution in [2.75, 3.05) is 6.61 Å². The van der Waals surface area contributed by atoms with Crippen molar-refractivity contribution in [3.05, 3.63) is 42.1 Å². The molecule has 0 aliphatic heterocycles. The number of carbonyl (C=O) groups excluding carboxylic acids is 1. The highest BCUT2D eigenvalue weighted by molar-refractivity contribution is 5.93. The summed E-state index contributed by atoms with van der Waals surface area (Å²) >= 11 is 0. The first kappa shape index (κ1) is 15.4. The first-order chi connectivity index (χ1) is 7.31. The normalized spacial score (nSPS) is 9.00. The number of pyridine rings is 1. The van der Waals surface area contributed by atoms with Crippen LogP contribution in [0.4, 0.5) is 0 Å². The number of benzene rings is 1. The third-order valence-electron chi connectivity index (χ3n) is 2.10. The zero-order chi connectivity index (χ0) is 10.7. The van der Waals surface area contributed by atoms with E-state index >= 15 is 0 Å². The van der Waals surface area contributed by atoms with Crippen LogP contribution in [-0.4, -0.2) is 23.0 Å². The second-order valence-electron chi connectivity index (χ2n) is 3.14. The predicted octanol–water partition coefficient (Wildman–Crippen LogP) is 2.01. The molecule has 17 heavy (non-hydrogen) atoms. The fraction of sp³-hybridized carbons (Fsp3) is 0.167. The third kappa shape index (κ3) is 3.41. The van der Waals surface area contributed by atoms with Crippen LogP contribution in [-0.2, 0) is 4.74 Å². The van der Waals surface area contributed by atoms with Gasteiger partial charge >= 0.3 is 5.97 Å². The van der Waals surface area contributed by atoms with E-state index < -0.39 is 0 Å². The number of ether oxygens (including phenoxy) is 1. The monoisotopic (exact) mass is 255 g/mol. The van der Waals surface area contributed by atoms with E-state index in [4.69, 9.17) is 4.74 Å². The number of carbonyl (C=O) groups is 1. The Balaban J connectivity index is 0.00000128. The van der Waals surface area contributed by atoms with Gasteiger partial charge < -0.3 is 10.2 Å². The Morgan fingerprint density at radius 2 is 2.06 bits per heavy atom. The number of fused-ring (bicyclic) bond motifs is 1. The van der Waals surface area contributed by atoms with Crippen molar-refractivity contribution in [2.45, 2.75) is 6.92 Å². The molecule has 0 bridgehead atoms. The Kier molecular flexibility index (Phi) is 6.17. The van der Waals surface area contributed by atoms with Gasteiger partial charge in [-0.25, -0.2) is 4.79 Å². The van der Waals surface area contributed by atoms with Crippen molar-refractivity contribution < 1.29 is 15.0 Å². The van der Waals surface area contributed by atoms with Crippen LogP contribution < -0.4 is 0 Å². The number of aromatic nitrogens is 1. The number of halogens is 1. The molecule has 0 fully saturated rings. The van der Waals surface area contributed by atoms with Crippen LogP contribution in [0.5, 0.6) is 0 Å². The molecule has 0 aliphatic carbocycles. The molecular weight excluding hydrogens is 242 g/mol. The minimum Gasteiger partial charge on any atom is -0.462 e. The molecule has 1 aromatic heterocycles. The molecule has 0 atom stereocenters. The molecule has 0 radical (unpaired) electrons. The lowest BCUT2D eigenvalue weighted by molar-refractivity contribution is 0.0526. The SMILES string of the molecule is CCOC(=O)c1cnc2ccccc2c1.Cl.O. The standard InChI is InChI=1S/C12H11NO2.ClH.H2O/c1-2-15-12(14)10-7-9-5-3-4-6-11(9)13-8-10;;/h3-8H,2H2,1H3;1H;1H2. The van der Waals surface area contributed by atoms with Crippen molar-refractivity contribution in [3.8, 4) is 0 Å². The van der Waals surface area contributed by atoms with E-state index in [1.807, 2.05) is 24.3 Å². The van der Waals surface area contributed by atoms with Gasteiger partial charge in [0, 0.05) is 11.6 Å². The Bertz CT molecular complexity index is 502. The van der Waals surface area contributed by atoms with Gasteiger partial charge in [0.2, 0.25) is 0 Å². The summed E-state index contributed by atoms with van der Waals surface area (Å²) in [5.74, 6) is -0.323. The summed E-state index contributed by atoms with van der Waals surface area (Å²) in [5.41, 5.74) is 1.38. The molecule has 4 nitrogen and oxygen atoms in total. The van der Waals surface area contributed by atoms with E-state index in [1.165, 1.54) is 0 Å². The summed E-state index contributed by atoms with van der Waals surface area (Å²) in [6.45, 7) is 2.16. The molecule has 2 rings (SSSR count). The van der Waals surface area contributed by atoms with Gasteiger partial charge in [-0.1, -0.05) is 18.2 Å². The van der Waals surface area contributed by atoms with Crippen molar-refractivity contribution >= 4 is 29.3 Å². The lowest BCUT2D eigenvalue weighted by atomic mass is 10.1. The van der Waals surface area contributed by atoms with Crippen LogP contribution in [0.25, 0.3) is 10.9 Å². The molecule has 2 N–H and O–H groups in total. The average molecular weight is 256 g/mol. The fourth-order valence-corrected chi connectivity index (χ4v) is 1.40. The Morgan fingerprint density at radius 1 is 1.35 bits per heavy atom. The lowest BCUT2D eigenvalue weighted by Gasteiger charge is -2.02. The third-order valence-corrected chi connectivity index (χ3v) is 2.10. The topological polar surface area (TPSA) is 70.7 Å². The highest BCUT2D eigenvalue weighted by Gasteiger charge is 2.06. The molecule has 0 saturated heterocycles. The van der Waals surface area contributed by atoms with Crippen LogP contribution in [0, 0.1) is 0 Å². The molecule has 1 aromatic carbocycles. The second kappa shape index (κ2) is 6.83. The van der Waals surface area contributed by atoms with Crippen LogP contribution >= 0.6 is 12.4 Å². The Labute approximate surface area is 105 Å². The maximum Gasteiger partial charge on any atom is 0.339 e. The van der Waals surface area contributed by atoms with Gasteiger partial charge in [0.05, 0.1) is 17.7 Å². The molecule has 0 aliphatic rings. The molecule has 92 valence electrons. The van der Waals surface area contributed by atoms with Gasteiger partial charge in [0.1, 0.15) is 0 Å². The zero-order valence-corrected chi connectivity index (χ0v) is 10.2. The first-order valence-electron chi connectivity index (χ1n) is 4.83. The van der Waals surface area contributed by atoms with Gasteiger partial charge in [-0.2, -0.15) is 0 Å². The number of hydrogen-bond donors (Lipinski definition) is 0. The fourth-order valence-electron chi connectivity index (χ4n) is 1.40. The quantitative estimate of drug-likeness (QED) is 0.771. The van der Waals surface area contributed by atoms with E-state index in [0.717, 1.165) is 10.9 Å². The predicted molar refractivity (Wildman–Crippen MR) is 68.6 cm³/mol. The molecule has 0 unspecified atom stereocenters. The molecule has 2 aromatic rings. The number of para-hydroxylation sites is 1. The highest BCUT2D eigenvalue weighted by atomic mass is 35.5. The minimum atomic E-state index is -0.323. The van der Waals surface area contributed by atoms with E-state index in [1.54, 1.807) is 19.2 Å². The van der Waals surface area contributed by atoms with Crippen LogP contribution in [0.3, 0.4) is 0 Å². The average Bonchev–Trinajstić information content (AvgIpc) is 2.29. The summed E-state index contributed by atoms with van der Waals surface area (Å²) in [4.78, 5) is 15.6. The van der Waals surface area contributed by atoms with Crippen LogP contribution in [0.15, 0.2) is 36.5 Å². The largest absolute Gasteiger partial charge is 0.462 e. The molecule has 5 heteroatoms. The maximum atomic E-state index is 11.4. The molecular formula is C12H14ClNO3. The summed E-state index contributed by atoms with van der Waals surface area (Å²) < 4.78 is 4.90. The minimum absolute atomic E-state index is 0. The maximum absolute atomic E-state index is 11.4. The molecule has 0 spiro atoms. The summed E-state index contributed by atoms with van der Waals surface area (Å²) in [5, 5.41) is 0.947. The number of esters is 1. The molecule has 1 heterocycles. The second-order valence-corrected chi connectivity index (χ2v) is 3.14. The Morgan fingerprint density at radius 3 is 2.76 bits per heavy atom. The van der Waals surface area contributed by atoms with Crippen LogP contribution in [0.2, 0.25) is 0 Å². The van der Waals surface area contributed by atoms with Gasteiger partial charge in [-0.3, -0.25) is 4.98 Å². The number of rotatable bonds is 2. The first-order valence-corrected chi connectivity index (χ1v) is 4.83. The van der Waals surface area contributed by atoms with Crippen LogP contribution in [0.1, 0.15) is 17.3 Å². The Hall–Kier alpha value is -1.65. The number of nitrogens with zero attached hydrogens (tertiary/aromatic N) is 1. The van der Waals surface area contributed by atoms with Gasteiger partial charge in [-0.15, -0.1) is 12.4 Å². The van der Waals surface area contributed by atoms with Gasteiger partial charge in [0.15, 0.2) is 0 Å².